The van der Waals surface area contributed by atoms with Gasteiger partial charge in [-0.15, -0.1) is 0 Å². The molecule has 21 heavy (non-hydrogen) atoms. The third-order valence-corrected chi connectivity index (χ3v) is 4.77. The third-order valence-electron chi connectivity index (χ3n) is 4.63. The molecule has 3 rings (SSSR count). The van der Waals surface area contributed by atoms with Crippen LogP contribution in [0.5, 0.6) is 0 Å². The number of hydrogen-bond donors (Lipinski definition) is 1. The summed E-state index contributed by atoms with van der Waals surface area (Å²) in [6.07, 6.45) is 3.39. The molecule has 2 aliphatic rings. The smallest absolute Gasteiger partial charge is 0.123 e. The average molecular weight is 307 g/mol. The van der Waals surface area contributed by atoms with E-state index >= 15 is 0 Å². The molecule has 1 saturated heterocycles. The minimum absolute atomic E-state index is 0.175. The van der Waals surface area contributed by atoms with Crippen LogP contribution in [-0.4, -0.2) is 42.6 Å². The number of rotatable bonds is 5. The predicted octanol–water partition coefficient (Wildman–Crippen LogP) is 2.40. The number of thiocarbonyl (C=S) groups is 1. The average Bonchev–Trinajstić information content (AvgIpc) is 3.19. The summed E-state index contributed by atoms with van der Waals surface area (Å²) in [4.78, 5) is 5.49. The normalized spacial score (nSPS) is 21.3. The Balaban J connectivity index is 1.51. The molecule has 0 radical (unpaired) electrons. The largest absolute Gasteiger partial charge is 0.393 e. The molecule has 0 atom stereocenters. The van der Waals surface area contributed by atoms with Crippen LogP contribution in [0, 0.1) is 11.2 Å². The van der Waals surface area contributed by atoms with E-state index in [1.165, 1.54) is 25.0 Å². The maximum Gasteiger partial charge on any atom is 0.123 e. The molecular weight excluding hydrogens is 285 g/mol. The zero-order chi connectivity index (χ0) is 14.9. The van der Waals surface area contributed by atoms with Crippen LogP contribution < -0.4 is 10.6 Å². The van der Waals surface area contributed by atoms with Gasteiger partial charge in [-0.3, -0.25) is 4.90 Å². The van der Waals surface area contributed by atoms with Crippen LogP contribution in [0.2, 0.25) is 0 Å². The number of anilines is 1. The molecule has 2 fully saturated rings. The number of hydrogen-bond acceptors (Lipinski definition) is 3. The third kappa shape index (κ3) is 3.71. The molecule has 1 aliphatic carbocycles. The number of nitrogens with two attached hydrogens (primary N) is 1. The Labute approximate surface area is 130 Å². The van der Waals surface area contributed by atoms with Crippen LogP contribution in [0.4, 0.5) is 10.1 Å². The second-order valence-corrected chi connectivity index (χ2v) is 6.91. The molecule has 1 saturated carbocycles. The summed E-state index contributed by atoms with van der Waals surface area (Å²) in [7, 11) is 0. The van der Waals surface area contributed by atoms with Crippen molar-refractivity contribution in [3.05, 3.63) is 30.1 Å². The Morgan fingerprint density at radius 2 is 1.76 bits per heavy atom. The van der Waals surface area contributed by atoms with E-state index in [0.29, 0.717) is 10.4 Å². The first-order chi connectivity index (χ1) is 10.1. The second kappa shape index (κ2) is 5.89. The Bertz CT molecular complexity index is 505. The van der Waals surface area contributed by atoms with E-state index in [-0.39, 0.29) is 5.82 Å². The van der Waals surface area contributed by atoms with E-state index in [4.69, 9.17) is 18.0 Å². The first-order valence-electron chi connectivity index (χ1n) is 7.58. The van der Waals surface area contributed by atoms with Crippen LogP contribution in [0.15, 0.2) is 24.3 Å². The van der Waals surface area contributed by atoms with Gasteiger partial charge in [0.25, 0.3) is 0 Å². The van der Waals surface area contributed by atoms with E-state index in [9.17, 15) is 4.39 Å². The van der Waals surface area contributed by atoms with Gasteiger partial charge < -0.3 is 10.6 Å². The van der Waals surface area contributed by atoms with Gasteiger partial charge in [0.2, 0.25) is 0 Å². The second-order valence-electron chi connectivity index (χ2n) is 6.38. The Kier molecular flexibility index (Phi) is 4.13. The van der Waals surface area contributed by atoms with Gasteiger partial charge in [0.05, 0.1) is 4.99 Å². The number of nitrogens with zero attached hydrogens (tertiary/aromatic N) is 2. The molecule has 0 aromatic heterocycles. The van der Waals surface area contributed by atoms with E-state index in [2.05, 4.69) is 9.80 Å². The zero-order valence-corrected chi connectivity index (χ0v) is 13.0. The van der Waals surface area contributed by atoms with Crippen molar-refractivity contribution >= 4 is 22.9 Å². The highest BCUT2D eigenvalue weighted by Crippen LogP contribution is 2.49. The molecule has 5 heteroatoms. The van der Waals surface area contributed by atoms with Gasteiger partial charge in [0, 0.05) is 44.8 Å². The van der Waals surface area contributed by atoms with E-state index in [1.807, 2.05) is 12.1 Å². The lowest BCUT2D eigenvalue weighted by Gasteiger charge is -2.37. The van der Waals surface area contributed by atoms with Crippen molar-refractivity contribution in [2.75, 3.05) is 37.6 Å². The van der Waals surface area contributed by atoms with Gasteiger partial charge >= 0.3 is 0 Å². The Hall–Kier alpha value is -1.20. The SMILES string of the molecule is NC(=S)CC1(CN2CCN(c3ccc(F)cc3)CC2)CC1. The lowest BCUT2D eigenvalue weighted by Crippen LogP contribution is -2.48. The molecule has 0 bridgehead atoms. The van der Waals surface area contributed by atoms with Gasteiger partial charge in [0.15, 0.2) is 0 Å². The van der Waals surface area contributed by atoms with Crippen LogP contribution in [0.3, 0.4) is 0 Å². The molecule has 1 aromatic rings. The monoisotopic (exact) mass is 307 g/mol. The predicted molar refractivity (Wildman–Crippen MR) is 88.1 cm³/mol. The minimum atomic E-state index is -0.175. The summed E-state index contributed by atoms with van der Waals surface area (Å²) in [5.41, 5.74) is 7.18. The van der Waals surface area contributed by atoms with E-state index in [0.717, 1.165) is 44.8 Å². The van der Waals surface area contributed by atoms with Crippen molar-refractivity contribution in [1.82, 2.24) is 4.90 Å². The maximum atomic E-state index is 13.0. The Morgan fingerprint density at radius 3 is 2.29 bits per heavy atom. The van der Waals surface area contributed by atoms with E-state index < -0.39 is 0 Å². The number of benzene rings is 1. The standard InChI is InChI=1S/C16H22FN3S/c17-13-1-3-14(4-2-13)20-9-7-19(8-10-20)12-16(5-6-16)11-15(18)21/h1-4H,5-12H2,(H2,18,21). The topological polar surface area (TPSA) is 32.5 Å². The lowest BCUT2D eigenvalue weighted by molar-refractivity contribution is 0.211. The zero-order valence-electron chi connectivity index (χ0n) is 12.2. The highest BCUT2D eigenvalue weighted by atomic mass is 32.1. The summed E-state index contributed by atoms with van der Waals surface area (Å²) in [5, 5.41) is 0. The lowest BCUT2D eigenvalue weighted by atomic mass is 10.0. The van der Waals surface area contributed by atoms with Crippen molar-refractivity contribution in [2.45, 2.75) is 19.3 Å². The summed E-state index contributed by atoms with van der Waals surface area (Å²) < 4.78 is 13.0. The number of piperazine rings is 1. The van der Waals surface area contributed by atoms with E-state index in [1.54, 1.807) is 0 Å². The minimum Gasteiger partial charge on any atom is -0.393 e. The number of halogens is 1. The molecule has 2 N–H and O–H groups in total. The van der Waals surface area contributed by atoms with Gasteiger partial charge in [-0.05, 0) is 42.5 Å². The molecule has 1 aliphatic heterocycles. The fraction of sp³-hybridized carbons (Fsp3) is 0.562. The highest BCUT2D eigenvalue weighted by molar-refractivity contribution is 7.80. The molecule has 1 heterocycles. The van der Waals surface area contributed by atoms with Crippen LogP contribution in [-0.2, 0) is 0 Å². The first-order valence-corrected chi connectivity index (χ1v) is 7.98. The summed E-state index contributed by atoms with van der Waals surface area (Å²) in [5.74, 6) is -0.175. The fourth-order valence-electron chi connectivity index (χ4n) is 3.23. The van der Waals surface area contributed by atoms with Crippen molar-refractivity contribution in [3.8, 4) is 0 Å². The van der Waals surface area contributed by atoms with Crippen LogP contribution in [0.1, 0.15) is 19.3 Å². The maximum absolute atomic E-state index is 13.0. The van der Waals surface area contributed by atoms with Crippen LogP contribution in [0.25, 0.3) is 0 Å². The molecule has 0 unspecified atom stereocenters. The van der Waals surface area contributed by atoms with Gasteiger partial charge in [0.1, 0.15) is 5.82 Å². The van der Waals surface area contributed by atoms with Crippen LogP contribution >= 0.6 is 12.2 Å². The molecule has 3 nitrogen and oxygen atoms in total. The first kappa shape index (κ1) is 14.7. The van der Waals surface area contributed by atoms with Gasteiger partial charge in [-0.2, -0.15) is 0 Å². The van der Waals surface area contributed by atoms with Gasteiger partial charge in [-0.25, -0.2) is 4.39 Å². The summed E-state index contributed by atoms with van der Waals surface area (Å²) in [6.45, 7) is 5.21. The highest BCUT2D eigenvalue weighted by Gasteiger charge is 2.44. The molecule has 1 aromatic carbocycles. The Morgan fingerprint density at radius 1 is 1.14 bits per heavy atom. The van der Waals surface area contributed by atoms with Crippen molar-refractivity contribution in [3.63, 3.8) is 0 Å². The fourth-order valence-corrected chi connectivity index (χ4v) is 3.53. The van der Waals surface area contributed by atoms with Gasteiger partial charge in [-0.1, -0.05) is 12.2 Å². The molecule has 114 valence electrons. The van der Waals surface area contributed by atoms with Crippen molar-refractivity contribution in [2.24, 2.45) is 11.1 Å². The molecule has 0 amide bonds. The van der Waals surface area contributed by atoms with Crippen molar-refractivity contribution < 1.29 is 4.39 Å². The molecular formula is C16H22FN3S. The van der Waals surface area contributed by atoms with Crippen molar-refractivity contribution in [1.29, 1.82) is 0 Å². The molecule has 0 spiro atoms. The quantitative estimate of drug-likeness (QED) is 0.847. The summed E-state index contributed by atoms with van der Waals surface area (Å²) in [6, 6.07) is 6.78. The summed E-state index contributed by atoms with van der Waals surface area (Å²) >= 11 is 5.06.